The number of amides is 1. The molecule has 0 radical (unpaired) electrons. The van der Waals surface area contributed by atoms with E-state index in [1.54, 1.807) is 0 Å². The first kappa shape index (κ1) is 18.5. The maximum Gasteiger partial charge on any atom is 0.257 e. The standard InChI is InChI=1S/C22H20BrN3O2/c23-22-16-7-2-1-6-15(16)11-12-19(22)28-14-21(27)24-13-5-10-20-25-17-8-3-4-9-18(17)26-20/h1-4,6-9,11-12H,5,10,13-14H2,(H,24,27)(H,25,26). The van der Waals surface area contributed by atoms with Crippen LogP contribution in [0.15, 0.2) is 65.1 Å². The molecule has 4 rings (SSSR count). The lowest BCUT2D eigenvalue weighted by Gasteiger charge is -2.10. The van der Waals surface area contributed by atoms with E-state index in [4.69, 9.17) is 4.74 Å². The van der Waals surface area contributed by atoms with Crippen molar-refractivity contribution >= 4 is 43.6 Å². The Labute approximate surface area is 171 Å². The van der Waals surface area contributed by atoms with Crippen molar-refractivity contribution in [2.24, 2.45) is 0 Å². The van der Waals surface area contributed by atoms with Crippen LogP contribution in [-0.2, 0) is 11.2 Å². The van der Waals surface area contributed by atoms with Gasteiger partial charge in [0.05, 0.1) is 15.5 Å². The molecule has 0 spiro atoms. The number of aromatic nitrogens is 2. The smallest absolute Gasteiger partial charge is 0.257 e. The predicted octanol–water partition coefficient (Wildman–Crippen LogP) is 4.61. The number of benzene rings is 3. The van der Waals surface area contributed by atoms with Crippen LogP contribution in [0.2, 0.25) is 0 Å². The maximum absolute atomic E-state index is 12.1. The lowest BCUT2D eigenvalue weighted by Crippen LogP contribution is -2.30. The van der Waals surface area contributed by atoms with Crippen LogP contribution in [-0.4, -0.2) is 29.0 Å². The van der Waals surface area contributed by atoms with Gasteiger partial charge < -0.3 is 15.0 Å². The van der Waals surface area contributed by atoms with Crippen molar-refractivity contribution in [1.29, 1.82) is 0 Å². The van der Waals surface area contributed by atoms with Gasteiger partial charge in [0.1, 0.15) is 11.6 Å². The molecule has 0 bridgehead atoms. The maximum atomic E-state index is 12.1. The quantitative estimate of drug-likeness (QED) is 0.415. The van der Waals surface area contributed by atoms with Gasteiger partial charge in [0.2, 0.25) is 0 Å². The van der Waals surface area contributed by atoms with Crippen molar-refractivity contribution in [2.45, 2.75) is 12.8 Å². The highest BCUT2D eigenvalue weighted by Crippen LogP contribution is 2.32. The largest absolute Gasteiger partial charge is 0.483 e. The molecule has 4 aromatic rings. The van der Waals surface area contributed by atoms with Gasteiger partial charge in [-0.05, 0) is 51.3 Å². The summed E-state index contributed by atoms with van der Waals surface area (Å²) >= 11 is 3.57. The molecular formula is C22H20BrN3O2. The fourth-order valence-electron chi connectivity index (χ4n) is 3.13. The van der Waals surface area contributed by atoms with Gasteiger partial charge in [-0.2, -0.15) is 0 Å². The zero-order valence-electron chi connectivity index (χ0n) is 15.2. The Morgan fingerprint density at radius 2 is 1.89 bits per heavy atom. The lowest BCUT2D eigenvalue weighted by atomic mass is 10.1. The molecule has 6 heteroatoms. The highest BCUT2D eigenvalue weighted by atomic mass is 79.9. The van der Waals surface area contributed by atoms with E-state index in [-0.39, 0.29) is 12.5 Å². The summed E-state index contributed by atoms with van der Waals surface area (Å²) < 4.78 is 6.55. The van der Waals surface area contributed by atoms with Crippen molar-refractivity contribution in [3.63, 3.8) is 0 Å². The summed E-state index contributed by atoms with van der Waals surface area (Å²) in [5, 5.41) is 5.08. The molecule has 0 aliphatic rings. The van der Waals surface area contributed by atoms with Crippen LogP contribution >= 0.6 is 15.9 Å². The number of hydrogen-bond donors (Lipinski definition) is 2. The van der Waals surface area contributed by atoms with E-state index >= 15 is 0 Å². The number of nitrogens with one attached hydrogen (secondary N) is 2. The number of aryl methyl sites for hydroxylation is 1. The van der Waals surface area contributed by atoms with Crippen LogP contribution in [0.5, 0.6) is 5.75 Å². The Hall–Kier alpha value is -2.86. The van der Waals surface area contributed by atoms with Crippen molar-refractivity contribution in [2.75, 3.05) is 13.2 Å². The van der Waals surface area contributed by atoms with Gasteiger partial charge in [-0.1, -0.05) is 42.5 Å². The fourth-order valence-corrected chi connectivity index (χ4v) is 3.73. The zero-order valence-corrected chi connectivity index (χ0v) is 16.8. The first-order valence-corrected chi connectivity index (χ1v) is 10.0. The van der Waals surface area contributed by atoms with Gasteiger partial charge in [-0.15, -0.1) is 0 Å². The van der Waals surface area contributed by atoms with E-state index in [9.17, 15) is 4.79 Å². The molecule has 0 saturated carbocycles. The SMILES string of the molecule is O=C(COc1ccc2ccccc2c1Br)NCCCc1nc2ccccc2[nH]1. The minimum Gasteiger partial charge on any atom is -0.483 e. The number of ether oxygens (including phenoxy) is 1. The number of carbonyl (C=O) groups is 1. The summed E-state index contributed by atoms with van der Waals surface area (Å²) in [6.45, 7) is 0.569. The molecule has 1 amide bonds. The first-order chi connectivity index (χ1) is 13.7. The second-order valence-corrected chi connectivity index (χ2v) is 7.33. The Balaban J connectivity index is 1.24. The molecule has 1 heterocycles. The second kappa shape index (κ2) is 8.44. The van der Waals surface area contributed by atoms with E-state index in [2.05, 4.69) is 31.2 Å². The molecule has 0 unspecified atom stereocenters. The lowest BCUT2D eigenvalue weighted by molar-refractivity contribution is -0.123. The highest BCUT2D eigenvalue weighted by Gasteiger charge is 2.09. The van der Waals surface area contributed by atoms with Crippen LogP contribution in [0.1, 0.15) is 12.2 Å². The number of nitrogens with zero attached hydrogens (tertiary/aromatic N) is 1. The van der Waals surface area contributed by atoms with Crippen molar-refractivity contribution in [3.05, 3.63) is 71.0 Å². The van der Waals surface area contributed by atoms with E-state index in [0.29, 0.717) is 12.3 Å². The number of imidazole rings is 1. The second-order valence-electron chi connectivity index (χ2n) is 6.54. The van der Waals surface area contributed by atoms with Gasteiger partial charge >= 0.3 is 0 Å². The van der Waals surface area contributed by atoms with E-state index in [1.165, 1.54) is 0 Å². The summed E-state index contributed by atoms with van der Waals surface area (Å²) in [6, 6.07) is 19.8. The molecule has 28 heavy (non-hydrogen) atoms. The van der Waals surface area contributed by atoms with E-state index < -0.39 is 0 Å². The van der Waals surface area contributed by atoms with Gasteiger partial charge in [-0.25, -0.2) is 4.98 Å². The average Bonchev–Trinajstić information content (AvgIpc) is 3.14. The predicted molar refractivity (Wildman–Crippen MR) is 115 cm³/mol. The number of fused-ring (bicyclic) bond motifs is 2. The number of rotatable bonds is 7. The number of aromatic amines is 1. The van der Waals surface area contributed by atoms with Crippen molar-refractivity contribution in [3.8, 4) is 5.75 Å². The topological polar surface area (TPSA) is 67.0 Å². The zero-order chi connectivity index (χ0) is 19.3. The molecule has 0 aliphatic heterocycles. The third kappa shape index (κ3) is 4.17. The molecule has 3 aromatic carbocycles. The van der Waals surface area contributed by atoms with E-state index in [0.717, 1.165) is 44.9 Å². The summed E-state index contributed by atoms with van der Waals surface area (Å²) in [5.41, 5.74) is 2.01. The Morgan fingerprint density at radius 3 is 2.79 bits per heavy atom. The highest BCUT2D eigenvalue weighted by molar-refractivity contribution is 9.10. The van der Waals surface area contributed by atoms with Gasteiger partial charge in [0, 0.05) is 13.0 Å². The first-order valence-electron chi connectivity index (χ1n) is 9.21. The number of carbonyl (C=O) groups excluding carboxylic acids is 1. The summed E-state index contributed by atoms with van der Waals surface area (Å²) in [6.07, 6.45) is 1.59. The van der Waals surface area contributed by atoms with Crippen molar-refractivity contribution in [1.82, 2.24) is 15.3 Å². The van der Waals surface area contributed by atoms with Gasteiger partial charge in [0.15, 0.2) is 6.61 Å². The molecule has 5 nitrogen and oxygen atoms in total. The molecule has 2 N–H and O–H groups in total. The Bertz CT molecular complexity index is 1090. The third-order valence-corrected chi connectivity index (χ3v) is 5.36. The number of H-pyrrole nitrogens is 1. The monoisotopic (exact) mass is 437 g/mol. The number of hydrogen-bond acceptors (Lipinski definition) is 3. The van der Waals surface area contributed by atoms with Crippen LogP contribution in [0.4, 0.5) is 0 Å². The summed E-state index contributed by atoms with van der Waals surface area (Å²) in [5.74, 6) is 1.47. The van der Waals surface area contributed by atoms with Crippen LogP contribution in [0.3, 0.4) is 0 Å². The number of halogens is 1. The molecule has 0 atom stereocenters. The van der Waals surface area contributed by atoms with Gasteiger partial charge in [0.25, 0.3) is 5.91 Å². The van der Waals surface area contributed by atoms with Crippen LogP contribution in [0, 0.1) is 0 Å². The van der Waals surface area contributed by atoms with Gasteiger partial charge in [-0.3, -0.25) is 4.79 Å². The molecular weight excluding hydrogens is 418 g/mol. The third-order valence-electron chi connectivity index (χ3n) is 4.54. The summed E-state index contributed by atoms with van der Waals surface area (Å²) in [7, 11) is 0. The Kier molecular flexibility index (Phi) is 5.58. The molecule has 1 aromatic heterocycles. The minimum atomic E-state index is -0.135. The van der Waals surface area contributed by atoms with E-state index in [1.807, 2.05) is 60.7 Å². The van der Waals surface area contributed by atoms with Crippen LogP contribution in [0.25, 0.3) is 21.8 Å². The molecule has 0 fully saturated rings. The normalized spacial score (nSPS) is 11.0. The van der Waals surface area contributed by atoms with Crippen LogP contribution < -0.4 is 10.1 Å². The molecule has 0 aliphatic carbocycles. The van der Waals surface area contributed by atoms with Crippen molar-refractivity contribution < 1.29 is 9.53 Å². The number of para-hydroxylation sites is 2. The molecule has 142 valence electrons. The molecule has 0 saturated heterocycles. The minimum absolute atomic E-state index is 0.0123. The fraction of sp³-hybridized carbons (Fsp3) is 0.182. The summed E-state index contributed by atoms with van der Waals surface area (Å²) in [4.78, 5) is 19.9. The Morgan fingerprint density at radius 1 is 1.07 bits per heavy atom. The average molecular weight is 438 g/mol.